The molecule has 0 unspecified atom stereocenters. The molecule has 1 aromatic carbocycles. The van der Waals surface area contributed by atoms with Crippen molar-refractivity contribution < 1.29 is 4.79 Å². The number of nitrogens with zero attached hydrogens (tertiary/aromatic N) is 3. The molecule has 2 aromatic rings. The topological polar surface area (TPSA) is 47.8 Å². The molecule has 1 aromatic heterocycles. The number of ketones is 1. The van der Waals surface area contributed by atoms with Crippen molar-refractivity contribution in [1.29, 1.82) is 0 Å². The Bertz CT molecular complexity index is 607. The van der Waals surface area contributed by atoms with Crippen LogP contribution in [0, 0.1) is 12.8 Å². The van der Waals surface area contributed by atoms with Gasteiger partial charge in [-0.15, -0.1) is 11.8 Å². The first-order chi connectivity index (χ1) is 10.0. The van der Waals surface area contributed by atoms with E-state index in [0.29, 0.717) is 18.1 Å². The molecule has 0 aliphatic carbocycles. The lowest BCUT2D eigenvalue weighted by Gasteiger charge is -2.08. The summed E-state index contributed by atoms with van der Waals surface area (Å²) in [5.74, 6) is 1.90. The summed E-state index contributed by atoms with van der Waals surface area (Å²) in [6.07, 6.45) is 1.88. The summed E-state index contributed by atoms with van der Waals surface area (Å²) in [7, 11) is 0. The van der Waals surface area contributed by atoms with Crippen molar-refractivity contribution in [3.8, 4) is 0 Å². The molecule has 21 heavy (non-hydrogen) atoms. The van der Waals surface area contributed by atoms with Crippen molar-refractivity contribution in [2.45, 2.75) is 38.6 Å². The number of hydrogen-bond donors (Lipinski definition) is 0. The fourth-order valence-corrected chi connectivity index (χ4v) is 2.89. The number of aromatic nitrogens is 3. The molecular weight excluding hydrogens is 282 g/mol. The van der Waals surface area contributed by atoms with E-state index in [1.165, 1.54) is 11.9 Å². The molecule has 0 spiro atoms. The number of rotatable bonds is 7. The van der Waals surface area contributed by atoms with E-state index in [-0.39, 0.29) is 5.78 Å². The third-order valence-electron chi connectivity index (χ3n) is 2.98. The smallest absolute Gasteiger partial charge is 0.150 e. The van der Waals surface area contributed by atoms with Crippen LogP contribution >= 0.6 is 11.8 Å². The Morgan fingerprint density at radius 2 is 2.19 bits per heavy atom. The molecule has 0 fully saturated rings. The number of Topliss-reactive ketones (excluding diaryl/α,β-unsaturated/α-hetero) is 1. The Balaban J connectivity index is 1.89. The summed E-state index contributed by atoms with van der Waals surface area (Å²) in [5.41, 5.74) is 1.21. The summed E-state index contributed by atoms with van der Waals surface area (Å²) in [4.78, 5) is 17.4. The average molecular weight is 303 g/mol. The standard InChI is InChI=1S/C16H21N3OS/c1-12(2)9-19-16(17-11-18-19)8-14(20)10-21-15-6-4-5-13(3)7-15/h4-7,11-12H,8-10H2,1-3H3. The van der Waals surface area contributed by atoms with Crippen LogP contribution in [0.1, 0.15) is 25.2 Å². The molecule has 0 saturated carbocycles. The molecule has 0 bridgehead atoms. The lowest BCUT2D eigenvalue weighted by molar-refractivity contribution is -0.116. The van der Waals surface area contributed by atoms with Gasteiger partial charge in [-0.05, 0) is 25.0 Å². The Kier molecular flexibility index (Phi) is 5.56. The Morgan fingerprint density at radius 1 is 1.38 bits per heavy atom. The van der Waals surface area contributed by atoms with Gasteiger partial charge in [0.05, 0.1) is 12.2 Å². The zero-order chi connectivity index (χ0) is 15.2. The third-order valence-corrected chi connectivity index (χ3v) is 4.03. The van der Waals surface area contributed by atoms with Gasteiger partial charge in [-0.2, -0.15) is 5.10 Å². The summed E-state index contributed by atoms with van der Waals surface area (Å²) >= 11 is 1.58. The predicted octanol–water partition coefficient (Wildman–Crippen LogP) is 3.15. The maximum absolute atomic E-state index is 12.1. The van der Waals surface area contributed by atoms with Crippen LogP contribution in [-0.4, -0.2) is 26.3 Å². The lowest BCUT2D eigenvalue weighted by Crippen LogP contribution is -2.15. The van der Waals surface area contributed by atoms with E-state index in [9.17, 15) is 4.79 Å². The first kappa shape index (κ1) is 15.8. The maximum atomic E-state index is 12.1. The summed E-state index contributed by atoms with van der Waals surface area (Å²) in [6, 6.07) is 8.20. The van der Waals surface area contributed by atoms with Gasteiger partial charge in [0.15, 0.2) is 5.78 Å². The maximum Gasteiger partial charge on any atom is 0.150 e. The lowest BCUT2D eigenvalue weighted by atomic mass is 10.2. The number of hydrogen-bond acceptors (Lipinski definition) is 4. The molecule has 0 aliphatic rings. The van der Waals surface area contributed by atoms with Gasteiger partial charge in [-0.25, -0.2) is 9.67 Å². The van der Waals surface area contributed by atoms with Crippen molar-refractivity contribution in [2.24, 2.45) is 5.92 Å². The van der Waals surface area contributed by atoms with Crippen molar-refractivity contribution in [3.05, 3.63) is 42.0 Å². The highest BCUT2D eigenvalue weighted by Crippen LogP contribution is 2.19. The van der Waals surface area contributed by atoms with Crippen molar-refractivity contribution in [3.63, 3.8) is 0 Å². The highest BCUT2D eigenvalue weighted by Gasteiger charge is 2.11. The zero-order valence-electron chi connectivity index (χ0n) is 12.7. The van der Waals surface area contributed by atoms with Gasteiger partial charge < -0.3 is 0 Å². The molecule has 5 heteroatoms. The molecule has 0 radical (unpaired) electrons. The quantitative estimate of drug-likeness (QED) is 0.737. The van der Waals surface area contributed by atoms with Crippen LogP contribution in [0.25, 0.3) is 0 Å². The molecule has 112 valence electrons. The van der Waals surface area contributed by atoms with E-state index in [1.54, 1.807) is 11.8 Å². The van der Waals surface area contributed by atoms with Crippen LogP contribution in [-0.2, 0) is 17.8 Å². The second-order valence-electron chi connectivity index (χ2n) is 5.57. The average Bonchev–Trinajstić information content (AvgIpc) is 2.83. The minimum atomic E-state index is 0.180. The summed E-state index contributed by atoms with van der Waals surface area (Å²) in [6.45, 7) is 7.11. The van der Waals surface area contributed by atoms with Crippen LogP contribution < -0.4 is 0 Å². The van der Waals surface area contributed by atoms with E-state index >= 15 is 0 Å². The second kappa shape index (κ2) is 7.41. The molecule has 2 rings (SSSR count). The van der Waals surface area contributed by atoms with E-state index in [2.05, 4.69) is 43.0 Å². The first-order valence-corrected chi connectivity index (χ1v) is 8.11. The second-order valence-corrected chi connectivity index (χ2v) is 6.62. The minimum absolute atomic E-state index is 0.180. The highest BCUT2D eigenvalue weighted by molar-refractivity contribution is 8.00. The monoisotopic (exact) mass is 303 g/mol. The number of carbonyl (C=O) groups is 1. The zero-order valence-corrected chi connectivity index (χ0v) is 13.6. The van der Waals surface area contributed by atoms with Crippen LogP contribution in [0.3, 0.4) is 0 Å². The van der Waals surface area contributed by atoms with Gasteiger partial charge in [0.2, 0.25) is 0 Å². The Labute approximate surface area is 130 Å². The van der Waals surface area contributed by atoms with Crippen molar-refractivity contribution in [1.82, 2.24) is 14.8 Å². The number of carbonyl (C=O) groups excluding carboxylic acids is 1. The number of thioether (sulfide) groups is 1. The Hall–Kier alpha value is -1.62. The first-order valence-electron chi connectivity index (χ1n) is 7.12. The molecule has 4 nitrogen and oxygen atoms in total. The van der Waals surface area contributed by atoms with E-state index in [0.717, 1.165) is 17.3 Å². The predicted molar refractivity (Wildman–Crippen MR) is 85.5 cm³/mol. The van der Waals surface area contributed by atoms with Gasteiger partial charge in [-0.3, -0.25) is 4.79 Å². The SMILES string of the molecule is Cc1cccc(SCC(=O)Cc2ncnn2CC(C)C)c1. The largest absolute Gasteiger partial charge is 0.298 e. The van der Waals surface area contributed by atoms with Crippen LogP contribution in [0.4, 0.5) is 0 Å². The summed E-state index contributed by atoms with van der Waals surface area (Å²) < 4.78 is 1.83. The van der Waals surface area contributed by atoms with Crippen LogP contribution in [0.5, 0.6) is 0 Å². The molecule has 0 saturated heterocycles. The van der Waals surface area contributed by atoms with E-state index in [4.69, 9.17) is 0 Å². The van der Waals surface area contributed by atoms with Gasteiger partial charge in [0.1, 0.15) is 12.2 Å². The van der Waals surface area contributed by atoms with Gasteiger partial charge >= 0.3 is 0 Å². The highest BCUT2D eigenvalue weighted by atomic mass is 32.2. The van der Waals surface area contributed by atoms with Crippen molar-refractivity contribution >= 4 is 17.5 Å². The third kappa shape index (κ3) is 5.01. The minimum Gasteiger partial charge on any atom is -0.298 e. The van der Waals surface area contributed by atoms with Crippen LogP contribution in [0.2, 0.25) is 0 Å². The molecule has 0 atom stereocenters. The molecule has 0 amide bonds. The fraction of sp³-hybridized carbons (Fsp3) is 0.438. The van der Waals surface area contributed by atoms with Gasteiger partial charge in [0.25, 0.3) is 0 Å². The number of aryl methyl sites for hydroxylation is 1. The Morgan fingerprint density at radius 3 is 2.90 bits per heavy atom. The molecule has 1 heterocycles. The fourth-order valence-electron chi connectivity index (χ4n) is 2.02. The number of benzene rings is 1. The molecule has 0 N–H and O–H groups in total. The van der Waals surface area contributed by atoms with Crippen LogP contribution in [0.15, 0.2) is 35.5 Å². The van der Waals surface area contributed by atoms with Gasteiger partial charge in [-0.1, -0.05) is 31.5 Å². The normalized spacial score (nSPS) is 11.0. The van der Waals surface area contributed by atoms with E-state index in [1.807, 2.05) is 16.8 Å². The summed E-state index contributed by atoms with van der Waals surface area (Å²) in [5, 5.41) is 4.19. The van der Waals surface area contributed by atoms with E-state index < -0.39 is 0 Å². The van der Waals surface area contributed by atoms with Gasteiger partial charge in [0, 0.05) is 11.4 Å². The van der Waals surface area contributed by atoms with Crippen molar-refractivity contribution in [2.75, 3.05) is 5.75 Å². The molecular formula is C16H21N3OS. The molecule has 0 aliphatic heterocycles.